The molecule has 0 unspecified atom stereocenters. The lowest BCUT2D eigenvalue weighted by Gasteiger charge is -2.42. The number of morpholine rings is 1. The molecule has 0 aliphatic carbocycles. The zero-order chi connectivity index (χ0) is 18.0. The molecule has 1 fully saturated rings. The van der Waals surface area contributed by atoms with E-state index in [0.717, 1.165) is 5.56 Å². The molecular weight excluding hydrogens is 325 g/mol. The molecule has 1 atom stereocenters. The van der Waals surface area contributed by atoms with E-state index in [4.69, 9.17) is 9.47 Å². The summed E-state index contributed by atoms with van der Waals surface area (Å²) in [5.41, 5.74) is 1.30. The average molecular weight is 347 g/mol. The SMILES string of the molecule is COC[C@@H]1CN(C(=O)c2cc(-c3ccc(F)cc3)n[nH]2)CC(C)(C)O1. The molecule has 0 saturated carbocycles. The van der Waals surface area contributed by atoms with Gasteiger partial charge in [0.1, 0.15) is 11.5 Å². The van der Waals surface area contributed by atoms with Gasteiger partial charge in [0.15, 0.2) is 0 Å². The Morgan fingerprint density at radius 1 is 1.44 bits per heavy atom. The van der Waals surface area contributed by atoms with Crippen molar-refractivity contribution in [3.05, 3.63) is 41.8 Å². The molecule has 3 rings (SSSR count). The van der Waals surface area contributed by atoms with Crippen molar-refractivity contribution in [3.63, 3.8) is 0 Å². The zero-order valence-electron chi connectivity index (χ0n) is 14.6. The molecule has 1 aromatic carbocycles. The number of ether oxygens (including phenoxy) is 2. The minimum Gasteiger partial charge on any atom is -0.382 e. The van der Waals surface area contributed by atoms with Crippen LogP contribution in [0.15, 0.2) is 30.3 Å². The standard InChI is InChI=1S/C18H22FN3O3/c1-18(2)11-22(9-14(25-18)10-24-3)17(23)16-8-15(20-21-16)12-4-6-13(19)7-5-12/h4-8,14H,9-11H2,1-3H3,(H,20,21)/t14-/m0/s1. The fraction of sp³-hybridized carbons (Fsp3) is 0.444. The van der Waals surface area contributed by atoms with Crippen LogP contribution in [-0.2, 0) is 9.47 Å². The Bertz CT molecular complexity index is 742. The number of carbonyl (C=O) groups excluding carboxylic acids is 1. The van der Waals surface area contributed by atoms with Gasteiger partial charge in [-0.3, -0.25) is 9.89 Å². The first-order valence-corrected chi connectivity index (χ1v) is 8.15. The summed E-state index contributed by atoms with van der Waals surface area (Å²) in [6.07, 6.45) is -0.169. The Morgan fingerprint density at radius 3 is 2.84 bits per heavy atom. The summed E-state index contributed by atoms with van der Waals surface area (Å²) in [5.74, 6) is -0.450. The number of aromatic amines is 1. The van der Waals surface area contributed by atoms with Crippen LogP contribution >= 0.6 is 0 Å². The maximum Gasteiger partial charge on any atom is 0.272 e. The highest BCUT2D eigenvalue weighted by Gasteiger charge is 2.36. The number of hydrogen-bond donors (Lipinski definition) is 1. The van der Waals surface area contributed by atoms with Crippen molar-refractivity contribution in [2.24, 2.45) is 0 Å². The van der Waals surface area contributed by atoms with Crippen molar-refractivity contribution in [3.8, 4) is 11.3 Å². The summed E-state index contributed by atoms with van der Waals surface area (Å²) in [6, 6.07) is 7.68. The number of nitrogens with one attached hydrogen (secondary N) is 1. The fourth-order valence-corrected chi connectivity index (χ4v) is 3.09. The third kappa shape index (κ3) is 4.05. The van der Waals surface area contributed by atoms with E-state index < -0.39 is 5.60 Å². The lowest BCUT2D eigenvalue weighted by molar-refractivity contribution is -0.143. The van der Waals surface area contributed by atoms with Crippen molar-refractivity contribution in [2.75, 3.05) is 26.8 Å². The first-order valence-electron chi connectivity index (χ1n) is 8.15. The van der Waals surface area contributed by atoms with Gasteiger partial charge in [0, 0.05) is 25.8 Å². The Morgan fingerprint density at radius 2 is 2.16 bits per heavy atom. The molecule has 1 aliphatic heterocycles. The summed E-state index contributed by atoms with van der Waals surface area (Å²) in [6.45, 7) is 5.27. The predicted octanol–water partition coefficient (Wildman–Crippen LogP) is 2.48. The van der Waals surface area contributed by atoms with Crippen molar-refractivity contribution in [1.29, 1.82) is 0 Å². The minimum atomic E-state index is -0.448. The molecule has 1 N–H and O–H groups in total. The van der Waals surface area contributed by atoms with Crippen LogP contribution in [0.25, 0.3) is 11.3 Å². The average Bonchev–Trinajstić information content (AvgIpc) is 3.03. The summed E-state index contributed by atoms with van der Waals surface area (Å²) < 4.78 is 24.1. The van der Waals surface area contributed by atoms with E-state index in [1.165, 1.54) is 12.1 Å². The molecule has 0 radical (unpaired) electrons. The number of carbonyl (C=O) groups is 1. The quantitative estimate of drug-likeness (QED) is 0.923. The first-order chi connectivity index (χ1) is 11.9. The zero-order valence-corrected chi connectivity index (χ0v) is 14.6. The molecule has 1 saturated heterocycles. The number of nitrogens with zero attached hydrogens (tertiary/aromatic N) is 2. The normalized spacial score (nSPS) is 19.8. The summed E-state index contributed by atoms with van der Waals surface area (Å²) in [4.78, 5) is 14.6. The summed E-state index contributed by atoms with van der Waals surface area (Å²) in [5, 5.41) is 6.96. The van der Waals surface area contributed by atoms with E-state index in [-0.39, 0.29) is 17.8 Å². The molecule has 6 nitrogen and oxygen atoms in total. The predicted molar refractivity (Wildman–Crippen MR) is 90.7 cm³/mol. The van der Waals surface area contributed by atoms with Crippen molar-refractivity contribution in [2.45, 2.75) is 25.6 Å². The second-order valence-electron chi connectivity index (χ2n) is 6.81. The minimum absolute atomic E-state index is 0.140. The van der Waals surface area contributed by atoms with Gasteiger partial charge in [-0.05, 0) is 44.2 Å². The first kappa shape index (κ1) is 17.6. The molecule has 0 spiro atoms. The summed E-state index contributed by atoms with van der Waals surface area (Å²) >= 11 is 0. The lowest BCUT2D eigenvalue weighted by Crippen LogP contribution is -2.55. The fourth-order valence-electron chi connectivity index (χ4n) is 3.09. The van der Waals surface area contributed by atoms with Gasteiger partial charge in [-0.2, -0.15) is 5.10 Å². The highest BCUT2D eigenvalue weighted by molar-refractivity contribution is 5.93. The maximum atomic E-state index is 13.0. The molecule has 1 aromatic heterocycles. The molecule has 2 heterocycles. The van der Waals surface area contributed by atoms with Gasteiger partial charge in [0.05, 0.1) is 24.0 Å². The number of amides is 1. The Labute approximate surface area is 145 Å². The van der Waals surface area contributed by atoms with Crippen LogP contribution in [0, 0.1) is 5.82 Å². The van der Waals surface area contributed by atoms with Crippen LogP contribution in [0.3, 0.4) is 0 Å². The van der Waals surface area contributed by atoms with E-state index in [2.05, 4.69) is 10.2 Å². The van der Waals surface area contributed by atoms with E-state index in [1.54, 1.807) is 30.2 Å². The molecule has 2 aromatic rings. The van der Waals surface area contributed by atoms with Gasteiger partial charge in [0.2, 0.25) is 0 Å². The number of aromatic nitrogens is 2. The highest BCUT2D eigenvalue weighted by atomic mass is 19.1. The van der Waals surface area contributed by atoms with Gasteiger partial charge in [-0.1, -0.05) is 0 Å². The third-order valence-electron chi connectivity index (χ3n) is 4.07. The monoisotopic (exact) mass is 347 g/mol. The smallest absolute Gasteiger partial charge is 0.272 e. The second kappa shape index (κ2) is 6.93. The van der Waals surface area contributed by atoms with Crippen molar-refractivity contribution in [1.82, 2.24) is 15.1 Å². The molecular formula is C18H22FN3O3. The third-order valence-corrected chi connectivity index (χ3v) is 4.07. The number of hydrogen-bond acceptors (Lipinski definition) is 4. The van der Waals surface area contributed by atoms with Crippen LogP contribution in [0.1, 0.15) is 24.3 Å². The largest absolute Gasteiger partial charge is 0.382 e. The lowest BCUT2D eigenvalue weighted by atomic mass is 10.0. The maximum absolute atomic E-state index is 13.0. The van der Waals surface area contributed by atoms with E-state index in [0.29, 0.717) is 31.1 Å². The van der Waals surface area contributed by atoms with E-state index >= 15 is 0 Å². The van der Waals surface area contributed by atoms with Crippen LogP contribution in [0.5, 0.6) is 0 Å². The van der Waals surface area contributed by atoms with Crippen LogP contribution in [0.4, 0.5) is 4.39 Å². The van der Waals surface area contributed by atoms with Crippen LogP contribution in [-0.4, -0.2) is 59.5 Å². The topological polar surface area (TPSA) is 67.5 Å². The van der Waals surface area contributed by atoms with Crippen LogP contribution < -0.4 is 0 Å². The second-order valence-corrected chi connectivity index (χ2v) is 6.81. The Hall–Kier alpha value is -2.25. The van der Waals surface area contributed by atoms with Gasteiger partial charge < -0.3 is 14.4 Å². The molecule has 25 heavy (non-hydrogen) atoms. The van der Waals surface area contributed by atoms with Gasteiger partial charge in [0.25, 0.3) is 5.91 Å². The molecule has 7 heteroatoms. The Kier molecular flexibility index (Phi) is 4.87. The van der Waals surface area contributed by atoms with Crippen molar-refractivity contribution >= 4 is 5.91 Å². The molecule has 134 valence electrons. The molecule has 0 bridgehead atoms. The highest BCUT2D eigenvalue weighted by Crippen LogP contribution is 2.24. The number of benzene rings is 1. The number of H-pyrrole nitrogens is 1. The molecule has 1 aliphatic rings. The van der Waals surface area contributed by atoms with Crippen molar-refractivity contribution < 1.29 is 18.7 Å². The van der Waals surface area contributed by atoms with E-state index in [1.807, 2.05) is 13.8 Å². The van der Waals surface area contributed by atoms with Crippen LogP contribution in [0.2, 0.25) is 0 Å². The van der Waals surface area contributed by atoms with Gasteiger partial charge in [-0.15, -0.1) is 0 Å². The summed E-state index contributed by atoms with van der Waals surface area (Å²) in [7, 11) is 1.61. The van der Waals surface area contributed by atoms with Gasteiger partial charge >= 0.3 is 0 Å². The van der Waals surface area contributed by atoms with E-state index in [9.17, 15) is 9.18 Å². The Balaban J connectivity index is 1.77. The van der Waals surface area contributed by atoms with Gasteiger partial charge in [-0.25, -0.2) is 4.39 Å². The number of methoxy groups -OCH3 is 1. The number of rotatable bonds is 4. The molecule has 1 amide bonds. The number of halogens is 1.